The summed E-state index contributed by atoms with van der Waals surface area (Å²) in [6, 6.07) is 1.78. The second-order valence-corrected chi connectivity index (χ2v) is 7.16. The number of thiophene rings is 1. The molecule has 0 aliphatic carbocycles. The molecule has 1 aliphatic rings. The standard InChI is InChI=1S/C14H18N4O3S/c1-14(2,3)21-13(20)18-5-4-11-9(8-18)6-12(22-11)10(19)7-16-17-15/h6H,4-5,7-8H2,1-3H3. The minimum absolute atomic E-state index is 0.175. The molecule has 2 rings (SSSR count). The maximum atomic E-state index is 12.1. The SMILES string of the molecule is CC(C)(C)OC(=O)N1CCc2sc(C(=O)CN=[N+]=[N-])cc2C1. The Balaban J connectivity index is 2.08. The molecule has 0 saturated carbocycles. The number of rotatable bonds is 3. The van der Waals surface area contributed by atoms with Crippen LogP contribution in [0.4, 0.5) is 4.79 Å². The van der Waals surface area contributed by atoms with E-state index in [9.17, 15) is 9.59 Å². The summed E-state index contributed by atoms with van der Waals surface area (Å²) in [5.74, 6) is -0.194. The van der Waals surface area contributed by atoms with Gasteiger partial charge in [-0.15, -0.1) is 11.3 Å². The highest BCUT2D eigenvalue weighted by Crippen LogP contribution is 2.29. The molecule has 7 nitrogen and oxygen atoms in total. The average molecular weight is 322 g/mol. The average Bonchev–Trinajstić information content (AvgIpc) is 2.85. The van der Waals surface area contributed by atoms with Crippen LogP contribution in [0.15, 0.2) is 11.2 Å². The van der Waals surface area contributed by atoms with Crippen molar-refractivity contribution >= 4 is 23.2 Å². The Morgan fingerprint density at radius 1 is 1.50 bits per heavy atom. The Bertz CT molecular complexity index is 641. The maximum Gasteiger partial charge on any atom is 0.410 e. The molecule has 8 heteroatoms. The molecule has 0 N–H and O–H groups in total. The first-order valence-corrected chi connectivity index (χ1v) is 7.75. The molecule has 1 aromatic heterocycles. The lowest BCUT2D eigenvalue weighted by atomic mass is 10.1. The van der Waals surface area contributed by atoms with E-state index in [1.807, 2.05) is 20.8 Å². The summed E-state index contributed by atoms with van der Waals surface area (Å²) in [4.78, 5) is 29.9. The molecule has 0 radical (unpaired) electrons. The van der Waals surface area contributed by atoms with Crippen LogP contribution in [0, 0.1) is 0 Å². The number of amides is 1. The molecule has 0 unspecified atom stereocenters. The van der Waals surface area contributed by atoms with Gasteiger partial charge in [-0.2, -0.15) is 0 Å². The van der Waals surface area contributed by atoms with Crippen LogP contribution < -0.4 is 0 Å². The van der Waals surface area contributed by atoms with Crippen molar-refractivity contribution in [1.82, 2.24) is 4.90 Å². The van der Waals surface area contributed by atoms with Gasteiger partial charge < -0.3 is 9.64 Å². The predicted molar refractivity (Wildman–Crippen MR) is 83.0 cm³/mol. The smallest absolute Gasteiger partial charge is 0.410 e. The molecule has 1 amide bonds. The third-order valence-corrected chi connectivity index (χ3v) is 4.35. The van der Waals surface area contributed by atoms with Gasteiger partial charge in [0, 0.05) is 16.3 Å². The Kier molecular flexibility index (Phi) is 4.73. The van der Waals surface area contributed by atoms with E-state index in [2.05, 4.69) is 10.0 Å². The van der Waals surface area contributed by atoms with E-state index >= 15 is 0 Å². The number of nitrogens with zero attached hydrogens (tertiary/aromatic N) is 4. The summed E-state index contributed by atoms with van der Waals surface area (Å²) >= 11 is 1.41. The van der Waals surface area contributed by atoms with Gasteiger partial charge in [0.05, 0.1) is 18.0 Å². The highest BCUT2D eigenvalue weighted by molar-refractivity contribution is 7.14. The van der Waals surface area contributed by atoms with Crippen molar-refractivity contribution in [3.05, 3.63) is 31.8 Å². The van der Waals surface area contributed by atoms with E-state index in [4.69, 9.17) is 10.3 Å². The van der Waals surface area contributed by atoms with E-state index in [0.717, 1.165) is 10.4 Å². The van der Waals surface area contributed by atoms with Gasteiger partial charge in [-0.3, -0.25) is 4.79 Å². The van der Waals surface area contributed by atoms with Gasteiger partial charge in [0.15, 0.2) is 5.78 Å². The normalized spacial score (nSPS) is 14.0. The second-order valence-electron chi connectivity index (χ2n) is 6.02. The van der Waals surface area contributed by atoms with Crippen molar-refractivity contribution in [3.63, 3.8) is 0 Å². The second kappa shape index (κ2) is 6.37. The molecule has 1 aromatic rings. The van der Waals surface area contributed by atoms with E-state index in [1.54, 1.807) is 11.0 Å². The molecule has 0 bridgehead atoms. The van der Waals surface area contributed by atoms with E-state index < -0.39 is 5.60 Å². The zero-order chi connectivity index (χ0) is 16.3. The van der Waals surface area contributed by atoms with Crippen molar-refractivity contribution in [1.29, 1.82) is 0 Å². The van der Waals surface area contributed by atoms with E-state index in [1.165, 1.54) is 11.3 Å². The molecule has 118 valence electrons. The Labute approximate surface area is 132 Å². The lowest BCUT2D eigenvalue weighted by Gasteiger charge is -2.29. The zero-order valence-electron chi connectivity index (χ0n) is 12.8. The number of hydrogen-bond donors (Lipinski definition) is 0. The van der Waals surface area contributed by atoms with Crippen molar-refractivity contribution in [2.75, 3.05) is 13.1 Å². The minimum Gasteiger partial charge on any atom is -0.444 e. The fourth-order valence-electron chi connectivity index (χ4n) is 2.13. The Hall–Kier alpha value is -2.05. The summed E-state index contributed by atoms with van der Waals surface area (Å²) in [7, 11) is 0. The lowest BCUT2D eigenvalue weighted by molar-refractivity contribution is 0.0225. The molecule has 2 heterocycles. The number of fused-ring (bicyclic) bond motifs is 1. The summed E-state index contributed by atoms with van der Waals surface area (Å²) in [5.41, 5.74) is 8.70. The van der Waals surface area contributed by atoms with Gasteiger partial charge in [0.2, 0.25) is 0 Å². The number of hydrogen-bond acceptors (Lipinski definition) is 5. The van der Waals surface area contributed by atoms with Gasteiger partial charge in [0.1, 0.15) is 5.60 Å². The topological polar surface area (TPSA) is 95.4 Å². The van der Waals surface area contributed by atoms with Gasteiger partial charge in [-0.25, -0.2) is 4.79 Å². The molecule has 0 spiro atoms. The number of carbonyl (C=O) groups is 2. The summed E-state index contributed by atoms with van der Waals surface area (Å²) in [6.07, 6.45) is 0.361. The van der Waals surface area contributed by atoms with Gasteiger partial charge in [0.25, 0.3) is 0 Å². The van der Waals surface area contributed by atoms with Crippen molar-refractivity contribution in [2.24, 2.45) is 5.11 Å². The number of carbonyl (C=O) groups excluding carboxylic acids is 2. The predicted octanol–water partition coefficient (Wildman–Crippen LogP) is 3.53. The highest BCUT2D eigenvalue weighted by atomic mass is 32.1. The van der Waals surface area contributed by atoms with Crippen molar-refractivity contribution < 1.29 is 14.3 Å². The van der Waals surface area contributed by atoms with Gasteiger partial charge in [-0.1, -0.05) is 5.11 Å². The largest absolute Gasteiger partial charge is 0.444 e. The van der Waals surface area contributed by atoms with Crippen molar-refractivity contribution in [3.8, 4) is 0 Å². The number of ketones is 1. The third kappa shape index (κ3) is 3.99. The van der Waals surface area contributed by atoms with E-state index in [0.29, 0.717) is 24.4 Å². The van der Waals surface area contributed by atoms with Crippen LogP contribution in [-0.4, -0.2) is 35.5 Å². The summed E-state index contributed by atoms with van der Waals surface area (Å²) in [5, 5.41) is 3.29. The third-order valence-electron chi connectivity index (χ3n) is 3.07. The lowest BCUT2D eigenvalue weighted by Crippen LogP contribution is -2.39. The highest BCUT2D eigenvalue weighted by Gasteiger charge is 2.27. The fourth-order valence-corrected chi connectivity index (χ4v) is 3.22. The molecule has 0 saturated heterocycles. The molecule has 0 aromatic carbocycles. The van der Waals surface area contributed by atoms with Crippen LogP contribution >= 0.6 is 11.3 Å². The quantitative estimate of drug-likeness (QED) is 0.368. The van der Waals surface area contributed by atoms with Crippen LogP contribution in [0.1, 0.15) is 40.9 Å². The van der Waals surface area contributed by atoms with Crippen LogP contribution in [0.2, 0.25) is 0 Å². The van der Waals surface area contributed by atoms with Crippen LogP contribution in [0.3, 0.4) is 0 Å². The van der Waals surface area contributed by atoms with Gasteiger partial charge in [-0.05, 0) is 44.4 Å². The summed E-state index contributed by atoms with van der Waals surface area (Å²) in [6.45, 7) is 6.33. The van der Waals surface area contributed by atoms with Crippen LogP contribution in [-0.2, 0) is 17.7 Å². The van der Waals surface area contributed by atoms with Crippen molar-refractivity contribution in [2.45, 2.75) is 39.3 Å². The molecular weight excluding hydrogens is 304 g/mol. The minimum atomic E-state index is -0.525. The number of Topliss-reactive ketones (excluding diaryl/α,β-unsaturated/α-hetero) is 1. The molecule has 0 atom stereocenters. The molecule has 1 aliphatic heterocycles. The molecular formula is C14H18N4O3S. The monoisotopic (exact) mass is 322 g/mol. The van der Waals surface area contributed by atoms with Gasteiger partial charge >= 0.3 is 6.09 Å². The fraction of sp³-hybridized carbons (Fsp3) is 0.571. The zero-order valence-corrected chi connectivity index (χ0v) is 13.6. The van der Waals surface area contributed by atoms with Crippen LogP contribution in [0.25, 0.3) is 10.4 Å². The molecule has 22 heavy (non-hydrogen) atoms. The number of azide groups is 1. The first-order chi connectivity index (χ1) is 10.3. The first-order valence-electron chi connectivity index (χ1n) is 6.94. The first kappa shape index (κ1) is 16.3. The van der Waals surface area contributed by atoms with Crippen LogP contribution in [0.5, 0.6) is 0 Å². The van der Waals surface area contributed by atoms with E-state index in [-0.39, 0.29) is 18.4 Å². The maximum absolute atomic E-state index is 12.1. The Morgan fingerprint density at radius 2 is 2.23 bits per heavy atom. The molecule has 0 fully saturated rings. The Morgan fingerprint density at radius 3 is 2.86 bits per heavy atom. The summed E-state index contributed by atoms with van der Waals surface area (Å²) < 4.78 is 5.37. The number of ether oxygens (including phenoxy) is 1.